The van der Waals surface area contributed by atoms with E-state index in [1.807, 2.05) is 0 Å². The maximum Gasteiger partial charge on any atom is 0.332 e. The Labute approximate surface area is 123 Å². The maximum atomic E-state index is 11.5. The highest BCUT2D eigenvalue weighted by atomic mass is 32.1. The molecule has 1 aromatic rings. The largest absolute Gasteiger partial charge is 0.332 e. The molecule has 1 aromatic carbocycles. The molecule has 0 spiro atoms. The molecule has 9 heteroatoms. The predicted octanol–water partition coefficient (Wildman–Crippen LogP) is 2.16. The number of hydrogen-bond acceptors (Lipinski definition) is 3. The fourth-order valence-electron chi connectivity index (χ4n) is 1.92. The van der Waals surface area contributed by atoms with E-state index in [9.17, 15) is 18.9 Å². The van der Waals surface area contributed by atoms with Crippen LogP contribution in [0.1, 0.15) is 24.1 Å². The molecule has 114 valence electrons. The second-order valence-electron chi connectivity index (χ2n) is 4.59. The molecule has 1 rings (SSSR count). The third kappa shape index (κ3) is 6.55. The Morgan fingerprint density at radius 3 is 2.00 bits per heavy atom. The van der Waals surface area contributed by atoms with Crippen molar-refractivity contribution in [3.8, 4) is 0 Å². The van der Waals surface area contributed by atoms with Gasteiger partial charge in [0.15, 0.2) is 0 Å². The summed E-state index contributed by atoms with van der Waals surface area (Å²) in [5.41, 5.74) is -0.465. The van der Waals surface area contributed by atoms with Crippen molar-refractivity contribution in [3.63, 3.8) is 0 Å². The Hall–Kier alpha value is -0.130. The van der Waals surface area contributed by atoms with E-state index >= 15 is 0 Å². The van der Waals surface area contributed by atoms with Gasteiger partial charge in [0.05, 0.1) is 11.8 Å². The van der Waals surface area contributed by atoms with Gasteiger partial charge in [0.2, 0.25) is 0 Å². The van der Waals surface area contributed by atoms with Crippen molar-refractivity contribution in [3.05, 3.63) is 35.9 Å². The van der Waals surface area contributed by atoms with Crippen LogP contribution >= 0.6 is 27.8 Å². The number of hydrogen-bond donors (Lipinski definition) is 5. The van der Waals surface area contributed by atoms with E-state index in [2.05, 4.69) is 12.6 Å². The first-order valence-electron chi connectivity index (χ1n) is 5.92. The molecule has 0 heterocycles. The van der Waals surface area contributed by atoms with Crippen LogP contribution in [0.25, 0.3) is 0 Å². The highest BCUT2D eigenvalue weighted by Gasteiger charge is 2.31. The second kappa shape index (κ2) is 7.23. The summed E-state index contributed by atoms with van der Waals surface area (Å²) in [7, 11) is -8.50. The monoisotopic (exact) mass is 340 g/mol. The Morgan fingerprint density at radius 1 is 1.00 bits per heavy atom. The van der Waals surface area contributed by atoms with Crippen LogP contribution in [0.3, 0.4) is 0 Å². The van der Waals surface area contributed by atoms with Crippen LogP contribution in [0.4, 0.5) is 0 Å². The molecule has 0 amide bonds. The number of benzene rings is 1. The first-order chi connectivity index (χ1) is 9.09. The smallest absolute Gasteiger partial charge is 0.324 e. The van der Waals surface area contributed by atoms with Gasteiger partial charge in [-0.3, -0.25) is 9.13 Å². The van der Waals surface area contributed by atoms with Crippen molar-refractivity contribution in [1.82, 2.24) is 0 Å². The van der Waals surface area contributed by atoms with Crippen LogP contribution in [0.2, 0.25) is 0 Å². The molecule has 6 nitrogen and oxygen atoms in total. The SMILES string of the molecule is O=P(O)(O)CC(S)CCC(c1ccccc1)P(=O)(O)O. The number of thiol groups is 1. The van der Waals surface area contributed by atoms with Gasteiger partial charge in [-0.25, -0.2) is 0 Å². The molecule has 0 aliphatic heterocycles. The molecule has 0 aliphatic carbocycles. The number of rotatable bonds is 7. The van der Waals surface area contributed by atoms with Gasteiger partial charge >= 0.3 is 15.2 Å². The molecule has 0 saturated heterocycles. The van der Waals surface area contributed by atoms with Gasteiger partial charge in [-0.15, -0.1) is 0 Å². The van der Waals surface area contributed by atoms with Crippen molar-refractivity contribution in [2.24, 2.45) is 0 Å². The van der Waals surface area contributed by atoms with Gasteiger partial charge in [-0.2, -0.15) is 12.6 Å². The Morgan fingerprint density at radius 2 is 1.55 bits per heavy atom. The lowest BCUT2D eigenvalue weighted by Gasteiger charge is -2.20. The minimum atomic E-state index is -4.33. The molecule has 20 heavy (non-hydrogen) atoms. The van der Waals surface area contributed by atoms with E-state index in [-0.39, 0.29) is 12.8 Å². The standard InChI is InChI=1S/C11H18O6P2S/c12-18(13,14)8-10(20)6-7-11(19(15,16)17)9-4-2-1-3-5-9/h1-5,10-11,20H,6-8H2,(H2,12,13,14)(H2,15,16,17). The molecule has 4 N–H and O–H groups in total. The Balaban J connectivity index is 2.74. The summed E-state index contributed by atoms with van der Waals surface area (Å²) in [5, 5.41) is -0.603. The lowest BCUT2D eigenvalue weighted by atomic mass is 10.1. The van der Waals surface area contributed by atoms with E-state index in [4.69, 9.17) is 9.79 Å². The Kier molecular flexibility index (Phi) is 6.48. The Bertz CT molecular complexity index is 511. The first kappa shape index (κ1) is 17.9. The highest BCUT2D eigenvalue weighted by Crippen LogP contribution is 2.54. The van der Waals surface area contributed by atoms with Crippen LogP contribution < -0.4 is 0 Å². The average Bonchev–Trinajstić information content (AvgIpc) is 2.26. The highest BCUT2D eigenvalue weighted by molar-refractivity contribution is 7.81. The van der Waals surface area contributed by atoms with Crippen molar-refractivity contribution in [2.75, 3.05) is 6.16 Å². The minimum absolute atomic E-state index is 0.114. The van der Waals surface area contributed by atoms with Crippen LogP contribution in [0.15, 0.2) is 30.3 Å². The third-order valence-electron chi connectivity index (χ3n) is 2.81. The summed E-state index contributed by atoms with van der Waals surface area (Å²) in [5.74, 6) is 0. The van der Waals surface area contributed by atoms with E-state index in [0.29, 0.717) is 5.56 Å². The van der Waals surface area contributed by atoms with Crippen LogP contribution in [-0.4, -0.2) is 31.0 Å². The van der Waals surface area contributed by atoms with Crippen LogP contribution in [-0.2, 0) is 9.13 Å². The molecule has 0 aromatic heterocycles. The van der Waals surface area contributed by atoms with Crippen molar-refractivity contribution < 1.29 is 28.7 Å². The van der Waals surface area contributed by atoms with E-state index in [0.717, 1.165) is 0 Å². The fraction of sp³-hybridized carbons (Fsp3) is 0.455. The van der Waals surface area contributed by atoms with Crippen LogP contribution in [0.5, 0.6) is 0 Å². The van der Waals surface area contributed by atoms with E-state index < -0.39 is 32.3 Å². The quantitative estimate of drug-likeness (QED) is 0.384. The minimum Gasteiger partial charge on any atom is -0.324 e. The lowest BCUT2D eigenvalue weighted by Crippen LogP contribution is -2.09. The molecule has 0 fully saturated rings. The van der Waals surface area contributed by atoms with Gasteiger partial charge in [-0.05, 0) is 18.4 Å². The zero-order chi connectivity index (χ0) is 15.4. The van der Waals surface area contributed by atoms with Gasteiger partial charge in [0.25, 0.3) is 0 Å². The van der Waals surface area contributed by atoms with Gasteiger partial charge in [-0.1, -0.05) is 30.3 Å². The summed E-state index contributed by atoms with van der Waals surface area (Å²) < 4.78 is 22.4. The predicted molar refractivity (Wildman–Crippen MR) is 80.1 cm³/mol. The summed E-state index contributed by atoms with van der Waals surface area (Å²) >= 11 is 4.06. The maximum absolute atomic E-state index is 11.5. The second-order valence-corrected chi connectivity index (χ2v) is 8.82. The molecule has 0 radical (unpaired) electrons. The molecule has 2 atom stereocenters. The summed E-state index contributed by atoms with van der Waals surface area (Å²) in [6.07, 6.45) is -0.0832. The molecule has 0 bridgehead atoms. The normalized spacial score (nSPS) is 15.8. The van der Waals surface area contributed by atoms with Gasteiger partial charge in [0, 0.05) is 5.25 Å². The van der Waals surface area contributed by atoms with Crippen LogP contribution in [0, 0.1) is 0 Å². The average molecular weight is 340 g/mol. The topological polar surface area (TPSA) is 115 Å². The third-order valence-corrected chi connectivity index (χ3v) is 5.83. The van der Waals surface area contributed by atoms with E-state index in [1.165, 1.54) is 0 Å². The fourth-order valence-corrected chi connectivity index (χ4v) is 4.49. The van der Waals surface area contributed by atoms with Crippen molar-refractivity contribution in [2.45, 2.75) is 23.8 Å². The molecule has 0 saturated carbocycles. The zero-order valence-electron chi connectivity index (χ0n) is 10.6. The molecule has 0 aliphatic rings. The lowest BCUT2D eigenvalue weighted by molar-refractivity contribution is 0.354. The van der Waals surface area contributed by atoms with Gasteiger partial charge < -0.3 is 19.6 Å². The molecular weight excluding hydrogens is 322 g/mol. The summed E-state index contributed by atoms with van der Waals surface area (Å²) in [6.45, 7) is 0. The molecular formula is C11H18O6P2S. The van der Waals surface area contributed by atoms with Crippen molar-refractivity contribution >= 4 is 27.8 Å². The summed E-state index contributed by atoms with van der Waals surface area (Å²) in [4.78, 5) is 36.5. The zero-order valence-corrected chi connectivity index (χ0v) is 13.3. The van der Waals surface area contributed by atoms with Gasteiger partial charge in [0.1, 0.15) is 0 Å². The van der Waals surface area contributed by atoms with Crippen molar-refractivity contribution in [1.29, 1.82) is 0 Å². The molecule has 2 unspecified atom stereocenters. The first-order valence-corrected chi connectivity index (χ1v) is 9.92. The summed E-state index contributed by atoms with van der Waals surface area (Å²) in [6, 6.07) is 8.37. The van der Waals surface area contributed by atoms with E-state index in [1.54, 1.807) is 30.3 Å².